The van der Waals surface area contributed by atoms with Crippen LogP contribution >= 0.6 is 11.8 Å². The molecule has 7 nitrogen and oxygen atoms in total. The molecular weight excluding hydrogens is 418 g/mol. The van der Waals surface area contributed by atoms with Crippen LogP contribution in [0.25, 0.3) is 0 Å². The van der Waals surface area contributed by atoms with Gasteiger partial charge in [0.1, 0.15) is 18.4 Å². The first-order chi connectivity index (χ1) is 14.7. The Bertz CT molecular complexity index is 898. The van der Waals surface area contributed by atoms with Gasteiger partial charge in [-0.1, -0.05) is 32.9 Å². The summed E-state index contributed by atoms with van der Waals surface area (Å²) < 4.78 is 15.2. The molecule has 1 aromatic carbocycles. The number of benzene rings is 1. The molecule has 2 rings (SSSR count). The SMILES string of the molecule is COC(=O)c1ccc(COC(=O)C(CCSC)NC(=O)c2ccc(C(C)(C)C)cc2)o1. The number of methoxy groups -OCH3 is 1. The number of hydrogen-bond acceptors (Lipinski definition) is 7. The van der Waals surface area contributed by atoms with E-state index < -0.39 is 18.0 Å². The Labute approximate surface area is 186 Å². The van der Waals surface area contributed by atoms with Crippen LogP contribution in [0.3, 0.4) is 0 Å². The lowest BCUT2D eigenvalue weighted by Crippen LogP contribution is -2.42. The van der Waals surface area contributed by atoms with Gasteiger partial charge in [-0.25, -0.2) is 9.59 Å². The van der Waals surface area contributed by atoms with Crippen LogP contribution in [-0.2, 0) is 26.3 Å². The van der Waals surface area contributed by atoms with Crippen molar-refractivity contribution in [2.75, 3.05) is 19.1 Å². The molecule has 1 heterocycles. The molecule has 0 saturated carbocycles. The van der Waals surface area contributed by atoms with Gasteiger partial charge >= 0.3 is 11.9 Å². The van der Waals surface area contributed by atoms with Crippen LogP contribution in [-0.4, -0.2) is 43.0 Å². The number of nitrogens with one attached hydrogen (secondary N) is 1. The van der Waals surface area contributed by atoms with Gasteiger partial charge in [0.15, 0.2) is 0 Å². The zero-order chi connectivity index (χ0) is 23.0. The van der Waals surface area contributed by atoms with Crippen molar-refractivity contribution in [3.63, 3.8) is 0 Å². The fourth-order valence-corrected chi connectivity index (χ4v) is 3.23. The number of esters is 2. The van der Waals surface area contributed by atoms with Crippen molar-refractivity contribution < 1.29 is 28.3 Å². The molecule has 1 aromatic heterocycles. The maximum atomic E-state index is 12.7. The van der Waals surface area contributed by atoms with Gasteiger partial charge in [-0.3, -0.25) is 4.79 Å². The predicted octanol–water partition coefficient (Wildman–Crippen LogP) is 3.96. The standard InChI is InChI=1S/C23H29NO6S/c1-23(2,3)16-8-6-15(7-9-16)20(25)24-18(12-13-31-5)21(26)29-14-17-10-11-19(30-17)22(27)28-4/h6-11,18H,12-14H2,1-5H3,(H,24,25). The van der Waals surface area contributed by atoms with E-state index in [2.05, 4.69) is 30.8 Å². The molecule has 0 bridgehead atoms. The van der Waals surface area contributed by atoms with Gasteiger partial charge in [0, 0.05) is 5.56 Å². The van der Waals surface area contributed by atoms with Crippen molar-refractivity contribution in [3.05, 3.63) is 59.0 Å². The van der Waals surface area contributed by atoms with Crippen LogP contribution in [0.4, 0.5) is 0 Å². The molecule has 1 amide bonds. The van der Waals surface area contributed by atoms with Gasteiger partial charge in [0.05, 0.1) is 7.11 Å². The number of carbonyl (C=O) groups excluding carboxylic acids is 3. The average molecular weight is 448 g/mol. The maximum absolute atomic E-state index is 12.7. The topological polar surface area (TPSA) is 94.8 Å². The van der Waals surface area contributed by atoms with E-state index in [4.69, 9.17) is 9.15 Å². The Morgan fingerprint density at radius 3 is 2.35 bits per heavy atom. The number of ether oxygens (including phenoxy) is 2. The Kier molecular flexibility index (Phi) is 8.74. The first kappa shape index (κ1) is 24.5. The summed E-state index contributed by atoms with van der Waals surface area (Å²) in [5, 5.41) is 2.76. The summed E-state index contributed by atoms with van der Waals surface area (Å²) in [7, 11) is 1.25. The maximum Gasteiger partial charge on any atom is 0.373 e. The highest BCUT2D eigenvalue weighted by molar-refractivity contribution is 7.98. The van der Waals surface area contributed by atoms with Crippen molar-refractivity contribution in [2.45, 2.75) is 45.3 Å². The fraction of sp³-hybridized carbons (Fsp3) is 0.435. The van der Waals surface area contributed by atoms with Gasteiger partial charge in [0.2, 0.25) is 5.76 Å². The second kappa shape index (κ2) is 11.0. The van der Waals surface area contributed by atoms with Crippen LogP contribution < -0.4 is 5.32 Å². The summed E-state index contributed by atoms with van der Waals surface area (Å²) in [6.45, 7) is 6.15. The molecule has 1 N–H and O–H groups in total. The minimum Gasteiger partial charge on any atom is -0.463 e. The lowest BCUT2D eigenvalue weighted by atomic mass is 9.86. The summed E-state index contributed by atoms with van der Waals surface area (Å²) in [6.07, 6.45) is 2.35. The summed E-state index contributed by atoms with van der Waals surface area (Å²) in [5.74, 6) is -0.503. The second-order valence-corrected chi connectivity index (χ2v) is 8.99. The number of hydrogen-bond donors (Lipinski definition) is 1. The fourth-order valence-electron chi connectivity index (χ4n) is 2.76. The average Bonchev–Trinajstić information content (AvgIpc) is 3.22. The molecule has 31 heavy (non-hydrogen) atoms. The molecule has 0 aliphatic carbocycles. The molecule has 0 aliphatic heterocycles. The molecule has 168 valence electrons. The van der Waals surface area contributed by atoms with E-state index in [0.717, 1.165) is 5.56 Å². The zero-order valence-corrected chi connectivity index (χ0v) is 19.3. The van der Waals surface area contributed by atoms with E-state index in [-0.39, 0.29) is 23.7 Å². The van der Waals surface area contributed by atoms with E-state index in [9.17, 15) is 14.4 Å². The number of furan rings is 1. The Morgan fingerprint density at radius 2 is 1.77 bits per heavy atom. The summed E-state index contributed by atoms with van der Waals surface area (Å²) in [6, 6.07) is 9.53. The van der Waals surface area contributed by atoms with Crippen LogP contribution in [0.5, 0.6) is 0 Å². The second-order valence-electron chi connectivity index (χ2n) is 8.00. The quantitative estimate of drug-likeness (QED) is 0.582. The number of carbonyl (C=O) groups is 3. The molecular formula is C23H29NO6S. The molecule has 0 aliphatic rings. The number of rotatable bonds is 9. The van der Waals surface area contributed by atoms with E-state index >= 15 is 0 Å². The van der Waals surface area contributed by atoms with Crippen molar-refractivity contribution in [1.82, 2.24) is 5.32 Å². The smallest absolute Gasteiger partial charge is 0.373 e. The predicted molar refractivity (Wildman–Crippen MR) is 119 cm³/mol. The number of amides is 1. The number of thioether (sulfide) groups is 1. The summed E-state index contributed by atoms with van der Waals surface area (Å²) >= 11 is 1.57. The Balaban J connectivity index is 2.01. The van der Waals surface area contributed by atoms with Crippen molar-refractivity contribution in [3.8, 4) is 0 Å². The third-order valence-electron chi connectivity index (χ3n) is 4.62. The first-order valence-electron chi connectivity index (χ1n) is 9.89. The highest BCUT2D eigenvalue weighted by atomic mass is 32.2. The summed E-state index contributed by atoms with van der Waals surface area (Å²) in [5.41, 5.74) is 1.58. The van der Waals surface area contributed by atoms with Gasteiger partial charge in [-0.15, -0.1) is 0 Å². The molecule has 8 heteroatoms. The molecule has 0 saturated heterocycles. The molecule has 1 atom stereocenters. The van der Waals surface area contributed by atoms with Crippen LogP contribution in [0.2, 0.25) is 0 Å². The third-order valence-corrected chi connectivity index (χ3v) is 5.26. The minimum absolute atomic E-state index is 0.0146. The van der Waals surface area contributed by atoms with Crippen molar-refractivity contribution >= 4 is 29.6 Å². The first-order valence-corrected chi connectivity index (χ1v) is 11.3. The molecule has 0 radical (unpaired) electrons. The van der Waals surface area contributed by atoms with E-state index in [1.165, 1.54) is 19.2 Å². The zero-order valence-electron chi connectivity index (χ0n) is 18.5. The van der Waals surface area contributed by atoms with Gasteiger partial charge in [-0.05, 0) is 53.7 Å². The van der Waals surface area contributed by atoms with Gasteiger partial charge < -0.3 is 19.2 Å². The largest absolute Gasteiger partial charge is 0.463 e. The molecule has 0 spiro atoms. The summed E-state index contributed by atoms with van der Waals surface area (Å²) in [4.78, 5) is 36.7. The van der Waals surface area contributed by atoms with E-state index in [0.29, 0.717) is 23.5 Å². The lowest BCUT2D eigenvalue weighted by molar-refractivity contribution is -0.147. The molecule has 1 unspecified atom stereocenters. The monoisotopic (exact) mass is 447 g/mol. The lowest BCUT2D eigenvalue weighted by Gasteiger charge is -2.20. The van der Waals surface area contributed by atoms with Crippen LogP contribution in [0.15, 0.2) is 40.8 Å². The highest BCUT2D eigenvalue weighted by Crippen LogP contribution is 2.22. The Morgan fingerprint density at radius 1 is 1.10 bits per heavy atom. The van der Waals surface area contributed by atoms with Crippen LogP contribution in [0, 0.1) is 0 Å². The Hall–Kier alpha value is -2.74. The normalized spacial score (nSPS) is 12.2. The van der Waals surface area contributed by atoms with Crippen molar-refractivity contribution in [1.29, 1.82) is 0 Å². The van der Waals surface area contributed by atoms with Gasteiger partial charge in [0.25, 0.3) is 5.91 Å². The third kappa shape index (κ3) is 7.17. The van der Waals surface area contributed by atoms with E-state index in [1.54, 1.807) is 23.9 Å². The van der Waals surface area contributed by atoms with Gasteiger partial charge in [-0.2, -0.15) is 11.8 Å². The molecule has 2 aromatic rings. The van der Waals surface area contributed by atoms with E-state index in [1.807, 2.05) is 18.4 Å². The molecule has 0 fully saturated rings. The van der Waals surface area contributed by atoms with Crippen LogP contribution in [0.1, 0.15) is 59.4 Å². The van der Waals surface area contributed by atoms with Crippen molar-refractivity contribution in [2.24, 2.45) is 0 Å². The highest BCUT2D eigenvalue weighted by Gasteiger charge is 2.24. The minimum atomic E-state index is -0.794.